The number of rotatable bonds is 68. The van der Waals surface area contributed by atoms with Crippen molar-refractivity contribution in [1.29, 1.82) is 43.3 Å². The maximum Gasteiger partial charge on any atom is 0.317 e. The van der Waals surface area contributed by atoms with Crippen molar-refractivity contribution in [3.63, 3.8) is 0 Å². The van der Waals surface area contributed by atoms with E-state index in [0.29, 0.717) is 78.2 Å². The van der Waals surface area contributed by atoms with E-state index in [1.54, 1.807) is 9.80 Å². The number of amides is 12. The average molecular weight is 2060 g/mol. The number of carbonyl (C=O) groups excluding carboxylic acids is 12. The quantitative estimate of drug-likeness (QED) is 0.0153. The van der Waals surface area contributed by atoms with Gasteiger partial charge in [-0.05, 0) is 141 Å². The molecule has 1 fully saturated rings. The van der Waals surface area contributed by atoms with Gasteiger partial charge in [-0.15, -0.1) is 0 Å². The van der Waals surface area contributed by atoms with Gasteiger partial charge < -0.3 is 168 Å². The molecule has 57 heteroatoms. The molecule has 135 heavy (non-hydrogen) atoms. The van der Waals surface area contributed by atoms with E-state index in [4.69, 9.17) is 94.9 Å². The molecule has 768 valence electrons. The zero-order chi connectivity index (χ0) is 100. The molecule has 0 spiro atoms. The number of hydrogen-bond acceptors (Lipinski definition) is 26. The fourth-order valence-electron chi connectivity index (χ4n) is 13.7. The first kappa shape index (κ1) is 123. The summed E-state index contributed by atoms with van der Waals surface area (Å²) in [5.41, 5.74) is 49.9. The van der Waals surface area contributed by atoms with Gasteiger partial charge in [0.05, 0.1) is 19.6 Å². The second-order valence-electron chi connectivity index (χ2n) is 32.1. The molecule has 0 aromatic carbocycles. The number of hydrogen-bond donors (Lipinski definition) is 38. The number of likely N-dealkylation sites (N-methyl/N-ethyl adjacent to an activating group) is 1. The Morgan fingerprint density at radius 2 is 0.481 bits per heavy atom. The summed E-state index contributed by atoms with van der Waals surface area (Å²) in [6.45, 7) is 7.21. The van der Waals surface area contributed by atoms with Crippen LogP contribution < -0.4 is 153 Å². The Kier molecular flexibility index (Phi) is 65.9. The number of nitrogens with two attached hydrogens (primary N) is 9. The van der Waals surface area contributed by atoms with Crippen LogP contribution in [0.3, 0.4) is 0 Å². The van der Waals surface area contributed by atoms with Crippen molar-refractivity contribution in [2.45, 2.75) is 216 Å². The van der Waals surface area contributed by atoms with Gasteiger partial charge in [0.1, 0.15) is 54.4 Å². The fraction of sp³-hybridized carbons (Fsp3) is 0.718. The summed E-state index contributed by atoms with van der Waals surface area (Å²) in [6, 6.07) is -12.9. The molecule has 12 amide bonds. The number of aliphatic carboxylic acids is 2. The molecule has 1 aliphatic rings. The molecule has 47 N–H and O–H groups in total. The second-order valence-corrected chi connectivity index (χ2v) is 32.1. The molecule has 0 aliphatic carbocycles. The summed E-state index contributed by atoms with van der Waals surface area (Å²) < 4.78 is 0. The monoisotopic (exact) mass is 2060 g/mol. The van der Waals surface area contributed by atoms with Crippen molar-refractivity contribution < 1.29 is 117 Å². The van der Waals surface area contributed by atoms with Gasteiger partial charge in [-0.3, -0.25) is 125 Å². The van der Waals surface area contributed by atoms with Gasteiger partial charge >= 0.3 is 11.9 Å². The zero-order valence-electron chi connectivity index (χ0n) is 77.5. The summed E-state index contributed by atoms with van der Waals surface area (Å²) in [7, 11) is 0. The van der Waals surface area contributed by atoms with Crippen molar-refractivity contribution >= 4 is 131 Å². The van der Waals surface area contributed by atoms with Crippen LogP contribution in [0, 0.1) is 83.2 Å². The van der Waals surface area contributed by atoms with Crippen LogP contribution in [-0.4, -0.2) is 359 Å². The Labute approximate surface area is 818 Å². The van der Waals surface area contributed by atoms with Crippen molar-refractivity contribution in [2.75, 3.05) is 144 Å². The van der Waals surface area contributed by atoms with Gasteiger partial charge in [0.2, 0.25) is 70.9 Å². The molecule has 9 atom stereocenters. The van der Waals surface area contributed by atoms with Crippen LogP contribution >= 0.6 is 0 Å². The summed E-state index contributed by atoms with van der Waals surface area (Å²) >= 11 is 0. The van der Waals surface area contributed by atoms with E-state index in [2.05, 4.69) is 106 Å². The Hall–Kier alpha value is -12.1. The number of carbonyl (C=O) groups is 14. The zero-order valence-corrected chi connectivity index (χ0v) is 79.7. The number of nitrogens with zero attached hydrogens (tertiary/aromatic N) is 4. The van der Waals surface area contributed by atoms with E-state index in [1.165, 1.54) is 0 Å². The van der Waals surface area contributed by atoms with Crippen molar-refractivity contribution in [2.24, 2.45) is 51.6 Å². The average Bonchev–Trinajstić information content (AvgIpc) is 0.860. The number of nitrogens with one attached hydrogen (secondary N) is 27. The van der Waals surface area contributed by atoms with Crippen LogP contribution in [0.2, 0.25) is 0 Å². The standard InChI is InChI=1S/C78H152N40O16.Gd/c1-3-115-37-39-117(46-60(122)123)43-41-116(42-44-118(40-38-115)47-61(124)125)45-59(121)96-27-7-4-5-26-58(120)107-52(21-12-32-101-74(86)87)65(129)109-50(19-10-30-99-72(82)83)63(127)97-28-8-6-17-53(110-68(132)55(23-14-34-103-76(90)91)111-64(128)51(106-48(2)119)20-11-31-100-73(84)85)67(131)113-56(24-15-35-104-77(92)93)70(134)114-57(25-16-36-105-78(94)95)69(133)112-54(22-13-33-102-75(88)89)66(130)108-49(62(79)126)18-9-29-98-71(80)81;/h49-57H,3-47H2,1-2H3,(H2,79,126)(H,96,121)(H,97,127)(H,106,119)(H,107,120)(H,108,130)(H,109,129)(H,110,132)(H,111,128)(H,112,133)(H,113,131)(H,114,134)(H,122,123)(H,124,125)(H4,80,81,98)(H4,82,83,99)(H4,84,85,100)(H4,86,87,101)(H4,88,89,102)(H4,90,91,103)(H4,92,93,104)(H4,94,95,105);/t49-,50-,51?,52-,53?,54-,55?,56-,57-;/m0./s1. The van der Waals surface area contributed by atoms with Crippen LogP contribution in [0.4, 0.5) is 0 Å². The van der Waals surface area contributed by atoms with E-state index >= 15 is 9.59 Å². The minimum Gasteiger partial charge on any atom is -0.480 e. The topological polar surface area (TPSA) is 946 Å². The first-order chi connectivity index (χ1) is 63.5. The summed E-state index contributed by atoms with van der Waals surface area (Å²) in [5.74, 6) is -14.9. The molecule has 0 radical (unpaired) electrons. The SMILES string of the molecule is CCN1CCN(CC(=O)O)CCN(CC(=O)NCCCCCC(=O)N[C@@H](CCCNC(=N)N)C(=O)N[C@@H](CCCNC(=N)N)C(=O)NCCCCC(NC(=O)C(CCCNC(=N)N)NC(=O)C(CCCNC(=N)N)NC(C)=O)C(=O)N[C@@H](CCCNC(=N)N)C(=O)N[C@@H](CCCNC(=N)N)C(=O)N[C@@H](CCCNC(=N)N)C(=O)N[C@@H](CCCNC(=N)N)C(N)=O)CCN(CC(=O)O)CC1.[Gd]. The maximum absolute atomic E-state index is 15.3. The normalized spacial score (nSPS) is 14.5. The van der Waals surface area contributed by atoms with Gasteiger partial charge in [-0.2, -0.15) is 0 Å². The number of guanidine groups is 8. The Balaban J connectivity index is 0.000180. The molecular weight excluding hydrogens is 1910 g/mol. The molecule has 0 aromatic rings. The van der Waals surface area contributed by atoms with Gasteiger partial charge in [0, 0.05) is 171 Å². The van der Waals surface area contributed by atoms with E-state index in [9.17, 15) is 67.7 Å². The van der Waals surface area contributed by atoms with E-state index in [-0.39, 0.29) is 283 Å². The third-order valence-corrected chi connectivity index (χ3v) is 20.8. The molecule has 1 heterocycles. The minimum absolute atomic E-state index is 0. The van der Waals surface area contributed by atoms with E-state index in [1.807, 2.05) is 11.8 Å². The second kappa shape index (κ2) is 72.4. The van der Waals surface area contributed by atoms with Crippen LogP contribution in [0.5, 0.6) is 0 Å². The van der Waals surface area contributed by atoms with Crippen LogP contribution in [0.25, 0.3) is 0 Å². The number of primary amides is 1. The molecule has 1 saturated heterocycles. The van der Waals surface area contributed by atoms with E-state index in [0.717, 1.165) is 6.92 Å². The van der Waals surface area contributed by atoms with Crippen molar-refractivity contribution in [3.05, 3.63) is 0 Å². The largest absolute Gasteiger partial charge is 0.480 e. The molecule has 0 aromatic heterocycles. The van der Waals surface area contributed by atoms with Crippen LogP contribution in [0.1, 0.15) is 162 Å². The number of unbranched alkanes of at least 4 members (excludes halogenated alkanes) is 3. The summed E-state index contributed by atoms with van der Waals surface area (Å²) in [6.07, 6.45) is 0.706. The third kappa shape index (κ3) is 62.9. The first-order valence-corrected chi connectivity index (χ1v) is 45.0. The van der Waals surface area contributed by atoms with Gasteiger partial charge in [-0.25, -0.2) is 0 Å². The Morgan fingerprint density at radius 1 is 0.259 bits per heavy atom. The predicted octanol–water partition coefficient (Wildman–Crippen LogP) is -11.7. The van der Waals surface area contributed by atoms with Crippen LogP contribution in [0.15, 0.2) is 0 Å². The molecule has 1 rings (SSSR count). The molecule has 1 aliphatic heterocycles. The number of carboxylic acids is 2. The number of carboxylic acid groups (broad SMARTS) is 2. The van der Waals surface area contributed by atoms with Gasteiger partial charge in [0.15, 0.2) is 47.7 Å². The minimum atomic E-state index is -1.65. The maximum atomic E-state index is 15.3. The fourth-order valence-corrected chi connectivity index (χ4v) is 13.7. The molecule has 3 unspecified atom stereocenters. The first-order valence-electron chi connectivity index (χ1n) is 45.0. The van der Waals surface area contributed by atoms with Crippen molar-refractivity contribution in [3.8, 4) is 0 Å². The van der Waals surface area contributed by atoms with Crippen molar-refractivity contribution in [1.82, 2.24) is 121 Å². The molecule has 56 nitrogen and oxygen atoms in total. The Bertz CT molecular complexity index is 3770. The molecule has 0 bridgehead atoms. The van der Waals surface area contributed by atoms with Gasteiger partial charge in [0.25, 0.3) is 0 Å². The smallest absolute Gasteiger partial charge is 0.317 e. The van der Waals surface area contributed by atoms with E-state index < -0.39 is 155 Å². The molecule has 0 saturated carbocycles. The predicted molar refractivity (Wildman–Crippen MR) is 500 cm³/mol. The third-order valence-electron chi connectivity index (χ3n) is 20.8. The summed E-state index contributed by atoms with van der Waals surface area (Å²) in [4.78, 5) is 201. The Morgan fingerprint density at radius 3 is 0.748 bits per heavy atom. The van der Waals surface area contributed by atoms with Crippen LogP contribution in [-0.2, 0) is 67.1 Å². The molecular formula is C78H152GdN40O16. The summed E-state index contributed by atoms with van der Waals surface area (Å²) in [5, 5.41) is 131. The van der Waals surface area contributed by atoms with Gasteiger partial charge in [-0.1, -0.05) is 13.3 Å².